The van der Waals surface area contributed by atoms with Crippen LogP contribution in [0, 0.1) is 6.92 Å². The summed E-state index contributed by atoms with van der Waals surface area (Å²) in [6.45, 7) is 2.01. The van der Waals surface area contributed by atoms with E-state index in [1.165, 1.54) is 0 Å². The van der Waals surface area contributed by atoms with E-state index in [1.807, 2.05) is 25.1 Å². The van der Waals surface area contributed by atoms with Gasteiger partial charge in [0.2, 0.25) is 11.8 Å². The van der Waals surface area contributed by atoms with Crippen LogP contribution >= 0.6 is 0 Å². The molecule has 2 amide bonds. The molecule has 19 heavy (non-hydrogen) atoms. The van der Waals surface area contributed by atoms with Gasteiger partial charge in [-0.15, -0.1) is 0 Å². The van der Waals surface area contributed by atoms with Crippen LogP contribution in [-0.2, 0) is 9.59 Å². The van der Waals surface area contributed by atoms with Gasteiger partial charge in [-0.25, -0.2) is 0 Å². The quantitative estimate of drug-likeness (QED) is 0.801. The van der Waals surface area contributed by atoms with Gasteiger partial charge in [0, 0.05) is 12.8 Å². The van der Waals surface area contributed by atoms with Crippen LogP contribution in [0.5, 0.6) is 5.75 Å². The lowest BCUT2D eigenvalue weighted by Gasteiger charge is -2.18. The topological polar surface area (TPSA) is 66.8 Å². The van der Waals surface area contributed by atoms with Crippen molar-refractivity contribution >= 4 is 11.8 Å². The van der Waals surface area contributed by atoms with E-state index in [1.54, 1.807) is 6.07 Å². The largest absolute Gasteiger partial charge is 0.491 e. The summed E-state index contributed by atoms with van der Waals surface area (Å²) >= 11 is 0. The van der Waals surface area contributed by atoms with Crippen molar-refractivity contribution in [2.24, 2.45) is 0 Å². The van der Waals surface area contributed by atoms with Gasteiger partial charge in [-0.3, -0.25) is 14.5 Å². The zero-order valence-corrected chi connectivity index (χ0v) is 10.8. The van der Waals surface area contributed by atoms with Crippen molar-refractivity contribution in [2.45, 2.75) is 25.9 Å². The van der Waals surface area contributed by atoms with Crippen molar-refractivity contribution in [3.8, 4) is 5.75 Å². The number of amides is 2. The molecule has 1 aromatic carbocycles. The monoisotopic (exact) mass is 263 g/mol. The SMILES string of the molecule is Cc1cccc(OC[C@H](O)CN2C(=O)CCC2=O)c1. The van der Waals surface area contributed by atoms with E-state index in [-0.39, 0.29) is 37.8 Å². The molecule has 1 aliphatic rings. The Morgan fingerprint density at radius 1 is 1.32 bits per heavy atom. The van der Waals surface area contributed by atoms with Crippen LogP contribution in [0.1, 0.15) is 18.4 Å². The van der Waals surface area contributed by atoms with Crippen LogP contribution in [0.4, 0.5) is 0 Å². The summed E-state index contributed by atoms with van der Waals surface area (Å²) < 4.78 is 5.43. The number of aryl methyl sites for hydroxylation is 1. The first-order valence-electron chi connectivity index (χ1n) is 6.27. The van der Waals surface area contributed by atoms with E-state index in [2.05, 4.69) is 0 Å². The average Bonchev–Trinajstić information content (AvgIpc) is 2.68. The van der Waals surface area contributed by atoms with E-state index in [0.717, 1.165) is 10.5 Å². The minimum Gasteiger partial charge on any atom is -0.491 e. The van der Waals surface area contributed by atoms with Crippen LogP contribution in [0.3, 0.4) is 0 Å². The number of hydrogen-bond donors (Lipinski definition) is 1. The third-order valence-corrected chi connectivity index (χ3v) is 2.98. The van der Waals surface area contributed by atoms with Crippen LogP contribution < -0.4 is 4.74 Å². The summed E-state index contributed by atoms with van der Waals surface area (Å²) in [5.41, 5.74) is 1.07. The number of likely N-dealkylation sites (tertiary alicyclic amines) is 1. The number of carbonyl (C=O) groups excluding carboxylic acids is 2. The normalized spacial score (nSPS) is 16.8. The molecule has 1 saturated heterocycles. The molecular weight excluding hydrogens is 246 g/mol. The number of imide groups is 1. The molecule has 0 aromatic heterocycles. The first-order valence-corrected chi connectivity index (χ1v) is 6.27. The fourth-order valence-electron chi connectivity index (χ4n) is 1.99. The predicted octanol–water partition coefficient (Wildman–Crippen LogP) is 0.884. The van der Waals surface area contributed by atoms with Gasteiger partial charge < -0.3 is 9.84 Å². The second kappa shape index (κ2) is 5.84. The summed E-state index contributed by atoms with van der Waals surface area (Å²) in [6, 6.07) is 7.47. The first-order chi connectivity index (χ1) is 9.06. The summed E-state index contributed by atoms with van der Waals surface area (Å²) in [6.07, 6.45) is -0.388. The molecule has 5 heteroatoms. The summed E-state index contributed by atoms with van der Waals surface area (Å²) in [5, 5.41) is 9.80. The Kier molecular flexibility index (Phi) is 4.16. The molecule has 0 aliphatic carbocycles. The number of ether oxygens (including phenoxy) is 1. The highest BCUT2D eigenvalue weighted by molar-refractivity contribution is 6.01. The van der Waals surface area contributed by atoms with Crippen LogP contribution in [-0.4, -0.2) is 41.1 Å². The van der Waals surface area contributed by atoms with Crippen LogP contribution in [0.2, 0.25) is 0 Å². The second-order valence-corrected chi connectivity index (χ2v) is 4.68. The number of rotatable bonds is 5. The van der Waals surface area contributed by atoms with Gasteiger partial charge in [0.25, 0.3) is 0 Å². The van der Waals surface area contributed by atoms with E-state index < -0.39 is 6.10 Å². The summed E-state index contributed by atoms with van der Waals surface area (Å²) in [4.78, 5) is 23.9. The summed E-state index contributed by atoms with van der Waals surface area (Å²) in [5.74, 6) is 0.220. The maximum absolute atomic E-state index is 11.4. The Morgan fingerprint density at radius 3 is 2.63 bits per heavy atom. The number of aliphatic hydroxyl groups is 1. The molecule has 102 valence electrons. The Labute approximate surface area is 111 Å². The Morgan fingerprint density at radius 2 is 2.00 bits per heavy atom. The first kappa shape index (κ1) is 13.5. The minimum atomic E-state index is -0.869. The number of aliphatic hydroxyl groups excluding tert-OH is 1. The van der Waals surface area contributed by atoms with Crippen LogP contribution in [0.25, 0.3) is 0 Å². The zero-order chi connectivity index (χ0) is 13.8. The minimum absolute atomic E-state index is 0.00345. The number of carbonyl (C=O) groups is 2. The molecule has 0 radical (unpaired) electrons. The number of β-amino-alcohol motifs (C(OH)–C–C–N with tert-alkyl or cyclic N) is 1. The highest BCUT2D eigenvalue weighted by Crippen LogP contribution is 2.14. The molecule has 1 N–H and O–H groups in total. The van der Waals surface area contributed by atoms with E-state index >= 15 is 0 Å². The van der Waals surface area contributed by atoms with E-state index in [0.29, 0.717) is 5.75 Å². The van der Waals surface area contributed by atoms with Crippen LogP contribution in [0.15, 0.2) is 24.3 Å². The van der Waals surface area contributed by atoms with Gasteiger partial charge >= 0.3 is 0 Å². The Bertz CT molecular complexity index is 470. The lowest BCUT2D eigenvalue weighted by atomic mass is 10.2. The summed E-state index contributed by atoms with van der Waals surface area (Å²) in [7, 11) is 0. The van der Waals surface area contributed by atoms with E-state index in [9.17, 15) is 14.7 Å². The molecule has 2 rings (SSSR count). The average molecular weight is 263 g/mol. The third kappa shape index (κ3) is 3.54. The molecule has 0 spiro atoms. The molecule has 0 unspecified atom stereocenters. The van der Waals surface area contributed by atoms with Gasteiger partial charge in [-0.05, 0) is 24.6 Å². The molecule has 1 heterocycles. The van der Waals surface area contributed by atoms with Crippen molar-refractivity contribution in [1.29, 1.82) is 0 Å². The van der Waals surface area contributed by atoms with Gasteiger partial charge in [0.05, 0.1) is 6.54 Å². The van der Waals surface area contributed by atoms with Gasteiger partial charge in [0.15, 0.2) is 0 Å². The maximum atomic E-state index is 11.4. The third-order valence-electron chi connectivity index (χ3n) is 2.98. The zero-order valence-electron chi connectivity index (χ0n) is 10.8. The lowest BCUT2D eigenvalue weighted by Crippen LogP contribution is -2.38. The fraction of sp³-hybridized carbons (Fsp3) is 0.429. The number of benzene rings is 1. The second-order valence-electron chi connectivity index (χ2n) is 4.68. The highest BCUT2D eigenvalue weighted by atomic mass is 16.5. The predicted molar refractivity (Wildman–Crippen MR) is 68.6 cm³/mol. The molecule has 1 aromatic rings. The van der Waals surface area contributed by atoms with Crippen molar-refractivity contribution in [2.75, 3.05) is 13.2 Å². The van der Waals surface area contributed by atoms with Gasteiger partial charge in [-0.1, -0.05) is 12.1 Å². The van der Waals surface area contributed by atoms with Crippen molar-refractivity contribution in [3.05, 3.63) is 29.8 Å². The molecule has 1 fully saturated rings. The van der Waals surface area contributed by atoms with Gasteiger partial charge in [0.1, 0.15) is 18.5 Å². The van der Waals surface area contributed by atoms with E-state index in [4.69, 9.17) is 4.74 Å². The molecule has 5 nitrogen and oxygen atoms in total. The standard InChI is InChI=1S/C14H17NO4/c1-10-3-2-4-12(7-10)19-9-11(16)8-15-13(17)5-6-14(15)18/h2-4,7,11,16H,5-6,8-9H2,1H3/t11-/m1/s1. The smallest absolute Gasteiger partial charge is 0.229 e. The molecule has 0 saturated carbocycles. The number of hydrogen-bond acceptors (Lipinski definition) is 4. The molecule has 1 atom stereocenters. The molecular formula is C14H17NO4. The Hall–Kier alpha value is -1.88. The van der Waals surface area contributed by atoms with Crippen molar-refractivity contribution in [3.63, 3.8) is 0 Å². The van der Waals surface area contributed by atoms with Gasteiger partial charge in [-0.2, -0.15) is 0 Å². The molecule has 1 aliphatic heterocycles. The van der Waals surface area contributed by atoms with Crippen molar-refractivity contribution < 1.29 is 19.4 Å². The number of nitrogens with zero attached hydrogens (tertiary/aromatic N) is 1. The highest BCUT2D eigenvalue weighted by Gasteiger charge is 2.30. The molecule has 0 bridgehead atoms. The maximum Gasteiger partial charge on any atom is 0.229 e. The lowest BCUT2D eigenvalue weighted by molar-refractivity contribution is -0.140. The van der Waals surface area contributed by atoms with Crippen molar-refractivity contribution in [1.82, 2.24) is 4.90 Å². The fourth-order valence-corrected chi connectivity index (χ4v) is 1.99. The Balaban J connectivity index is 1.83.